The van der Waals surface area contributed by atoms with Crippen molar-refractivity contribution in [3.8, 4) is 22.3 Å². The second-order valence-electron chi connectivity index (χ2n) is 9.22. The quantitative estimate of drug-likeness (QED) is 0.350. The predicted octanol–water partition coefficient (Wildman–Crippen LogP) is 6.48. The summed E-state index contributed by atoms with van der Waals surface area (Å²) in [5.41, 5.74) is 7.50. The number of aryl methyl sites for hydroxylation is 1. The number of aromatic nitrogens is 3. The van der Waals surface area contributed by atoms with Gasteiger partial charge in [-0.25, -0.2) is 0 Å². The molecule has 1 aromatic carbocycles. The van der Waals surface area contributed by atoms with Gasteiger partial charge in [0.25, 0.3) is 5.56 Å². The number of rotatable bonds is 5. The molecule has 1 aliphatic rings. The van der Waals surface area contributed by atoms with E-state index in [4.69, 9.17) is 4.98 Å². The van der Waals surface area contributed by atoms with Gasteiger partial charge in [-0.05, 0) is 48.9 Å². The molecule has 33 heavy (non-hydrogen) atoms. The molecule has 1 fully saturated rings. The zero-order valence-corrected chi connectivity index (χ0v) is 19.0. The van der Waals surface area contributed by atoms with E-state index in [1.807, 2.05) is 43.5 Å². The Bertz CT molecular complexity index is 1370. The third-order valence-electron chi connectivity index (χ3n) is 6.85. The molecule has 4 aromatic rings. The summed E-state index contributed by atoms with van der Waals surface area (Å²) in [7, 11) is 0. The van der Waals surface area contributed by atoms with Gasteiger partial charge in [-0.3, -0.25) is 9.78 Å². The van der Waals surface area contributed by atoms with Gasteiger partial charge in [0.1, 0.15) is 5.76 Å². The monoisotopic (exact) mass is 439 g/mol. The molecule has 3 aromatic heterocycles. The van der Waals surface area contributed by atoms with Crippen LogP contribution in [0.4, 0.5) is 0 Å². The van der Waals surface area contributed by atoms with Crippen molar-refractivity contribution in [2.45, 2.75) is 45.6 Å². The molecule has 0 unspecified atom stereocenters. The molecule has 1 saturated carbocycles. The van der Waals surface area contributed by atoms with Gasteiger partial charge in [-0.2, -0.15) is 0 Å². The van der Waals surface area contributed by atoms with E-state index < -0.39 is 0 Å². The first-order chi connectivity index (χ1) is 16.0. The highest BCUT2D eigenvalue weighted by molar-refractivity contribution is 5.95. The van der Waals surface area contributed by atoms with Gasteiger partial charge in [0.15, 0.2) is 0 Å². The molecular formula is C28H29N3O2. The lowest BCUT2D eigenvalue weighted by Crippen LogP contribution is -2.13. The lowest BCUT2D eigenvalue weighted by molar-refractivity contribution is 0.323. The largest absolute Gasteiger partial charge is 0.508 e. The summed E-state index contributed by atoms with van der Waals surface area (Å²) in [6, 6.07) is 11.9. The van der Waals surface area contributed by atoms with Crippen LogP contribution in [0.15, 0.2) is 66.4 Å². The van der Waals surface area contributed by atoms with Gasteiger partial charge in [0.2, 0.25) is 0 Å². The Kier molecular flexibility index (Phi) is 5.63. The number of hydrogen-bond donors (Lipinski definition) is 2. The van der Waals surface area contributed by atoms with Gasteiger partial charge in [0, 0.05) is 47.4 Å². The number of aliphatic hydroxyl groups excluding tert-OH is 1. The van der Waals surface area contributed by atoms with E-state index >= 15 is 0 Å². The zero-order valence-electron chi connectivity index (χ0n) is 19.0. The van der Waals surface area contributed by atoms with Gasteiger partial charge < -0.3 is 14.7 Å². The number of H-pyrrole nitrogens is 1. The average molecular weight is 440 g/mol. The third kappa shape index (κ3) is 4.23. The maximum atomic E-state index is 11.8. The normalized spacial score (nSPS) is 14.6. The van der Waals surface area contributed by atoms with Crippen LogP contribution >= 0.6 is 0 Å². The number of nitrogens with one attached hydrogen (secondary N) is 1. The predicted molar refractivity (Wildman–Crippen MR) is 134 cm³/mol. The summed E-state index contributed by atoms with van der Waals surface area (Å²) in [4.78, 5) is 19.5. The number of fused-ring (bicyclic) bond motifs is 1. The van der Waals surface area contributed by atoms with E-state index in [0.29, 0.717) is 17.0 Å². The highest BCUT2D eigenvalue weighted by atomic mass is 16.3. The van der Waals surface area contributed by atoms with Crippen LogP contribution in [-0.2, 0) is 6.54 Å². The molecule has 0 spiro atoms. The molecule has 5 nitrogen and oxygen atoms in total. The first-order valence-electron chi connectivity index (χ1n) is 11.7. The molecule has 2 N–H and O–H groups in total. The highest BCUT2D eigenvalue weighted by Gasteiger charge is 2.18. The Hall–Kier alpha value is -3.60. The summed E-state index contributed by atoms with van der Waals surface area (Å²) in [6.07, 6.45) is 12.4. The van der Waals surface area contributed by atoms with Crippen LogP contribution < -0.4 is 5.56 Å². The van der Waals surface area contributed by atoms with E-state index in [9.17, 15) is 9.90 Å². The van der Waals surface area contributed by atoms with Crippen LogP contribution in [0.3, 0.4) is 0 Å². The molecule has 168 valence electrons. The lowest BCUT2D eigenvalue weighted by atomic mass is 9.89. The van der Waals surface area contributed by atoms with Crippen molar-refractivity contribution in [3.05, 3.63) is 83.0 Å². The van der Waals surface area contributed by atoms with Crippen LogP contribution in [0.25, 0.3) is 39.0 Å². The van der Waals surface area contributed by atoms with Crippen LogP contribution in [0.2, 0.25) is 0 Å². The number of hydrogen-bond acceptors (Lipinski definition) is 3. The first kappa shape index (κ1) is 21.3. The Morgan fingerprint density at radius 1 is 1.12 bits per heavy atom. The first-order valence-corrected chi connectivity index (χ1v) is 11.7. The van der Waals surface area contributed by atoms with Crippen molar-refractivity contribution in [3.63, 3.8) is 0 Å². The highest BCUT2D eigenvalue weighted by Crippen LogP contribution is 2.34. The summed E-state index contributed by atoms with van der Waals surface area (Å²) in [6.45, 7) is 6.42. The van der Waals surface area contributed by atoms with Crippen molar-refractivity contribution in [1.82, 2.24) is 14.5 Å². The van der Waals surface area contributed by atoms with Gasteiger partial charge in [-0.1, -0.05) is 50.1 Å². The van der Waals surface area contributed by atoms with Gasteiger partial charge in [0.05, 0.1) is 11.0 Å². The van der Waals surface area contributed by atoms with Crippen molar-refractivity contribution in [1.29, 1.82) is 0 Å². The molecule has 0 saturated heterocycles. The molecule has 0 bridgehead atoms. The number of nitrogens with zero attached hydrogens (tertiary/aromatic N) is 2. The smallest absolute Gasteiger partial charge is 0.250 e. The summed E-state index contributed by atoms with van der Waals surface area (Å²) in [5, 5.41) is 9.69. The SMILES string of the molecule is C=C(O)c1ccc(-c2cn(CC3CCCCC3)c3cc(-c4c[nH]c(=O)c(C)c4)cnc23)cc1. The Morgan fingerprint density at radius 2 is 1.88 bits per heavy atom. The fourth-order valence-corrected chi connectivity index (χ4v) is 4.94. The molecule has 3 heterocycles. The van der Waals surface area contributed by atoms with E-state index in [1.165, 1.54) is 32.1 Å². The Balaban J connectivity index is 1.62. The molecule has 0 amide bonds. The fourth-order valence-electron chi connectivity index (χ4n) is 4.94. The average Bonchev–Trinajstić information content (AvgIpc) is 3.19. The standard InChI is InChI=1S/C28H29N3O2/c1-18-12-23(15-30-28(18)33)24-13-26-27(29-14-24)25(22-10-8-21(9-11-22)19(2)32)17-31(26)16-20-6-4-3-5-7-20/h8-15,17,20,32H,2-7,16H2,1H3,(H,30,33). The van der Waals surface area contributed by atoms with Crippen LogP contribution in [0, 0.1) is 12.8 Å². The lowest BCUT2D eigenvalue weighted by Gasteiger charge is -2.22. The Morgan fingerprint density at radius 3 is 2.58 bits per heavy atom. The minimum atomic E-state index is -0.0650. The van der Waals surface area contributed by atoms with Crippen LogP contribution in [0.5, 0.6) is 0 Å². The maximum Gasteiger partial charge on any atom is 0.250 e. The number of aromatic amines is 1. The van der Waals surface area contributed by atoms with Crippen LogP contribution in [0.1, 0.15) is 43.2 Å². The molecule has 5 rings (SSSR count). The number of pyridine rings is 2. The minimum Gasteiger partial charge on any atom is -0.508 e. The summed E-state index contributed by atoms with van der Waals surface area (Å²) in [5.74, 6) is 0.751. The zero-order chi connectivity index (χ0) is 22.9. The van der Waals surface area contributed by atoms with Crippen molar-refractivity contribution >= 4 is 16.8 Å². The molecular weight excluding hydrogens is 410 g/mol. The second-order valence-corrected chi connectivity index (χ2v) is 9.22. The van der Waals surface area contributed by atoms with E-state index in [0.717, 1.165) is 39.8 Å². The minimum absolute atomic E-state index is 0.0650. The second kappa shape index (κ2) is 8.74. The van der Waals surface area contributed by atoms with E-state index in [1.54, 1.807) is 6.20 Å². The summed E-state index contributed by atoms with van der Waals surface area (Å²) < 4.78 is 2.36. The molecule has 0 radical (unpaired) electrons. The van der Waals surface area contributed by atoms with E-state index in [-0.39, 0.29) is 11.3 Å². The topological polar surface area (TPSA) is 70.9 Å². The molecule has 1 aliphatic carbocycles. The van der Waals surface area contributed by atoms with Crippen molar-refractivity contribution in [2.75, 3.05) is 0 Å². The van der Waals surface area contributed by atoms with Gasteiger partial charge in [-0.15, -0.1) is 0 Å². The van der Waals surface area contributed by atoms with Crippen molar-refractivity contribution in [2.24, 2.45) is 5.92 Å². The summed E-state index contributed by atoms with van der Waals surface area (Å²) >= 11 is 0. The number of benzene rings is 1. The Labute approximate surface area is 193 Å². The number of aliphatic hydroxyl groups is 1. The van der Waals surface area contributed by atoms with Crippen molar-refractivity contribution < 1.29 is 5.11 Å². The van der Waals surface area contributed by atoms with Gasteiger partial charge >= 0.3 is 0 Å². The molecule has 0 aliphatic heterocycles. The van der Waals surface area contributed by atoms with E-state index in [2.05, 4.69) is 28.4 Å². The molecule has 0 atom stereocenters. The third-order valence-corrected chi connectivity index (χ3v) is 6.85. The molecule has 5 heteroatoms. The van der Waals surface area contributed by atoms with Crippen LogP contribution in [-0.4, -0.2) is 19.6 Å². The fraction of sp³-hybridized carbons (Fsp3) is 0.286. The maximum absolute atomic E-state index is 11.8.